The Morgan fingerprint density at radius 2 is 1.48 bits per heavy atom. The van der Waals surface area contributed by atoms with Crippen LogP contribution in [0.15, 0.2) is 24.3 Å². The van der Waals surface area contributed by atoms with Crippen molar-refractivity contribution in [3.63, 3.8) is 0 Å². The zero-order chi connectivity index (χ0) is 17.6. The molecule has 0 bridgehead atoms. The van der Waals surface area contributed by atoms with Gasteiger partial charge in [-0.25, -0.2) is 0 Å². The highest BCUT2D eigenvalue weighted by atomic mass is 16.5. The Balaban J connectivity index is 1.45. The van der Waals surface area contributed by atoms with Gasteiger partial charge in [0.15, 0.2) is 0 Å². The maximum atomic E-state index is 12.5. The fourth-order valence-electron chi connectivity index (χ4n) is 4.80. The van der Waals surface area contributed by atoms with E-state index in [0.29, 0.717) is 5.75 Å². The van der Waals surface area contributed by atoms with Crippen LogP contribution in [0.1, 0.15) is 77.2 Å². The number of rotatable bonds is 5. The predicted molar refractivity (Wildman–Crippen MR) is 103 cm³/mol. The minimum Gasteiger partial charge on any atom is -0.426 e. The van der Waals surface area contributed by atoms with Crippen molar-refractivity contribution in [1.82, 2.24) is 0 Å². The summed E-state index contributed by atoms with van der Waals surface area (Å²) in [6, 6.07) is 8.04. The quantitative estimate of drug-likeness (QED) is 0.472. The van der Waals surface area contributed by atoms with Gasteiger partial charge in [0.25, 0.3) is 0 Å². The molecule has 0 amide bonds. The van der Waals surface area contributed by atoms with Crippen molar-refractivity contribution in [2.45, 2.75) is 78.1 Å². The van der Waals surface area contributed by atoms with Crippen LogP contribution < -0.4 is 4.74 Å². The van der Waals surface area contributed by atoms with Crippen molar-refractivity contribution in [3.8, 4) is 5.75 Å². The van der Waals surface area contributed by atoms with Crippen molar-refractivity contribution in [2.24, 2.45) is 23.7 Å². The van der Waals surface area contributed by atoms with Gasteiger partial charge in [0, 0.05) is 0 Å². The summed E-state index contributed by atoms with van der Waals surface area (Å²) in [5.41, 5.74) is 1.31. The highest BCUT2D eigenvalue weighted by Crippen LogP contribution is 2.41. The molecule has 0 spiro atoms. The summed E-state index contributed by atoms with van der Waals surface area (Å²) in [4.78, 5) is 12.5. The number of carbonyl (C=O) groups is 1. The van der Waals surface area contributed by atoms with Crippen molar-refractivity contribution >= 4 is 5.97 Å². The SMILES string of the molecule is CCCc1ccc(OC(=O)C2CCC(C3CCC(C)CC3)CC2)cc1. The number of hydrogen-bond donors (Lipinski definition) is 0. The van der Waals surface area contributed by atoms with Crippen LogP contribution in [0.3, 0.4) is 0 Å². The third kappa shape index (κ3) is 5.09. The fraction of sp³-hybridized carbons (Fsp3) is 0.696. The molecule has 2 aliphatic rings. The molecule has 2 fully saturated rings. The van der Waals surface area contributed by atoms with E-state index in [9.17, 15) is 4.79 Å². The van der Waals surface area contributed by atoms with Crippen LogP contribution in [-0.4, -0.2) is 5.97 Å². The lowest BCUT2D eigenvalue weighted by Gasteiger charge is -2.36. The number of ether oxygens (including phenoxy) is 1. The molecule has 0 unspecified atom stereocenters. The summed E-state index contributed by atoms with van der Waals surface area (Å²) in [6.07, 6.45) is 12.3. The van der Waals surface area contributed by atoms with Gasteiger partial charge in [0.05, 0.1) is 5.92 Å². The van der Waals surface area contributed by atoms with E-state index in [0.717, 1.165) is 43.4 Å². The van der Waals surface area contributed by atoms with Gasteiger partial charge in [-0.05, 0) is 80.4 Å². The number of hydrogen-bond acceptors (Lipinski definition) is 2. The van der Waals surface area contributed by atoms with E-state index in [-0.39, 0.29) is 11.9 Å². The predicted octanol–water partition coefficient (Wildman–Crippen LogP) is 6.18. The van der Waals surface area contributed by atoms with Crippen molar-refractivity contribution in [2.75, 3.05) is 0 Å². The standard InChI is InChI=1S/C23H34O2/c1-3-4-18-7-15-22(16-8-18)25-23(24)21-13-11-20(12-14-21)19-9-5-17(2)6-10-19/h7-8,15-17,19-21H,3-6,9-14H2,1-2H3. The van der Waals surface area contributed by atoms with Crippen LogP contribution in [0.5, 0.6) is 5.75 Å². The van der Waals surface area contributed by atoms with Gasteiger partial charge in [-0.2, -0.15) is 0 Å². The van der Waals surface area contributed by atoms with Gasteiger partial charge in [-0.3, -0.25) is 4.79 Å². The monoisotopic (exact) mass is 342 g/mol. The molecule has 2 nitrogen and oxygen atoms in total. The summed E-state index contributed by atoms with van der Waals surface area (Å²) < 4.78 is 5.64. The van der Waals surface area contributed by atoms with Gasteiger partial charge >= 0.3 is 5.97 Å². The van der Waals surface area contributed by atoms with E-state index in [2.05, 4.69) is 26.0 Å². The Bertz CT molecular complexity index is 532. The van der Waals surface area contributed by atoms with Crippen molar-refractivity contribution in [1.29, 1.82) is 0 Å². The lowest BCUT2D eigenvalue weighted by atomic mass is 9.69. The van der Waals surface area contributed by atoms with Crippen LogP contribution in [0.25, 0.3) is 0 Å². The molecule has 0 radical (unpaired) electrons. The molecular formula is C23H34O2. The van der Waals surface area contributed by atoms with Gasteiger partial charge in [0.1, 0.15) is 5.75 Å². The molecule has 2 heteroatoms. The van der Waals surface area contributed by atoms with Gasteiger partial charge in [-0.15, -0.1) is 0 Å². The first-order chi connectivity index (χ1) is 12.2. The molecule has 1 aromatic carbocycles. The van der Waals surface area contributed by atoms with E-state index >= 15 is 0 Å². The van der Waals surface area contributed by atoms with E-state index in [1.54, 1.807) is 0 Å². The minimum atomic E-state index is -0.0149. The number of aryl methyl sites for hydroxylation is 1. The summed E-state index contributed by atoms with van der Waals surface area (Å²) in [6.45, 7) is 4.57. The maximum Gasteiger partial charge on any atom is 0.314 e. The molecular weight excluding hydrogens is 308 g/mol. The average Bonchev–Trinajstić information content (AvgIpc) is 2.64. The van der Waals surface area contributed by atoms with Crippen molar-refractivity contribution < 1.29 is 9.53 Å². The molecule has 3 rings (SSSR count). The lowest BCUT2D eigenvalue weighted by molar-refractivity contribution is -0.140. The molecule has 25 heavy (non-hydrogen) atoms. The molecule has 0 N–H and O–H groups in total. The number of carbonyl (C=O) groups excluding carboxylic acids is 1. The summed E-state index contributed by atoms with van der Waals surface area (Å²) in [7, 11) is 0. The smallest absolute Gasteiger partial charge is 0.314 e. The molecule has 0 saturated heterocycles. The topological polar surface area (TPSA) is 26.3 Å². The molecule has 0 atom stereocenters. The normalized spacial score (nSPS) is 30.0. The molecule has 1 aromatic rings. The first-order valence-corrected chi connectivity index (χ1v) is 10.5. The van der Waals surface area contributed by atoms with E-state index in [1.807, 2.05) is 12.1 Å². The second-order valence-electron chi connectivity index (χ2n) is 8.45. The van der Waals surface area contributed by atoms with E-state index in [4.69, 9.17) is 4.74 Å². The second kappa shape index (κ2) is 8.87. The Labute approximate surface area is 153 Å². The largest absolute Gasteiger partial charge is 0.426 e. The molecule has 2 saturated carbocycles. The Morgan fingerprint density at radius 3 is 2.04 bits per heavy atom. The Morgan fingerprint density at radius 1 is 0.920 bits per heavy atom. The van der Waals surface area contributed by atoms with Gasteiger partial charge in [-0.1, -0.05) is 45.2 Å². The highest BCUT2D eigenvalue weighted by Gasteiger charge is 2.33. The highest BCUT2D eigenvalue weighted by molar-refractivity contribution is 5.75. The molecule has 0 aliphatic heterocycles. The van der Waals surface area contributed by atoms with Crippen LogP contribution in [-0.2, 0) is 11.2 Å². The number of benzene rings is 1. The van der Waals surface area contributed by atoms with Crippen LogP contribution in [0, 0.1) is 23.7 Å². The summed E-state index contributed by atoms with van der Waals surface area (Å²) in [5.74, 6) is 3.48. The first kappa shape index (κ1) is 18.5. The molecule has 2 aliphatic carbocycles. The third-order valence-electron chi connectivity index (χ3n) is 6.51. The molecule has 0 aromatic heterocycles. The zero-order valence-corrected chi connectivity index (χ0v) is 16.0. The van der Waals surface area contributed by atoms with Crippen LogP contribution in [0.2, 0.25) is 0 Å². The fourth-order valence-corrected chi connectivity index (χ4v) is 4.80. The third-order valence-corrected chi connectivity index (χ3v) is 6.51. The Hall–Kier alpha value is -1.31. The summed E-state index contributed by atoms with van der Waals surface area (Å²) in [5, 5.41) is 0. The van der Waals surface area contributed by atoms with Gasteiger partial charge in [0.2, 0.25) is 0 Å². The molecule has 138 valence electrons. The lowest BCUT2D eigenvalue weighted by Crippen LogP contribution is -2.29. The molecule has 0 heterocycles. The number of esters is 1. The maximum absolute atomic E-state index is 12.5. The summed E-state index contributed by atoms with van der Waals surface area (Å²) >= 11 is 0. The van der Waals surface area contributed by atoms with Crippen molar-refractivity contribution in [3.05, 3.63) is 29.8 Å². The first-order valence-electron chi connectivity index (χ1n) is 10.5. The van der Waals surface area contributed by atoms with Crippen LogP contribution >= 0.6 is 0 Å². The van der Waals surface area contributed by atoms with Gasteiger partial charge < -0.3 is 4.74 Å². The van der Waals surface area contributed by atoms with E-state index < -0.39 is 0 Å². The van der Waals surface area contributed by atoms with Crippen LogP contribution in [0.4, 0.5) is 0 Å². The minimum absolute atomic E-state index is 0.0149. The Kier molecular flexibility index (Phi) is 6.56. The zero-order valence-electron chi connectivity index (χ0n) is 16.0. The average molecular weight is 343 g/mol. The second-order valence-corrected chi connectivity index (χ2v) is 8.45. The van der Waals surface area contributed by atoms with E-state index in [1.165, 1.54) is 44.1 Å².